The van der Waals surface area contributed by atoms with Gasteiger partial charge in [0.15, 0.2) is 0 Å². The predicted octanol–water partition coefficient (Wildman–Crippen LogP) is 1.70. The first-order chi connectivity index (χ1) is 8.79. The summed E-state index contributed by atoms with van der Waals surface area (Å²) in [4.78, 5) is 0. The standard InChI is InChI=1S/C12H17N5O/c1-9(6-7-18-2)13-11-5-3-4-10(8-11)12-14-16-17-15-12/h3-5,8-9,13H,6-7H2,1-2H3,(H,14,15,16,17). The highest BCUT2D eigenvalue weighted by Gasteiger charge is 2.05. The number of rotatable bonds is 6. The molecule has 2 aromatic rings. The van der Waals surface area contributed by atoms with Gasteiger partial charge in [-0.3, -0.25) is 0 Å². The van der Waals surface area contributed by atoms with Gasteiger partial charge in [-0.25, -0.2) is 0 Å². The number of benzene rings is 1. The monoisotopic (exact) mass is 247 g/mol. The summed E-state index contributed by atoms with van der Waals surface area (Å²) in [5.41, 5.74) is 1.98. The molecule has 0 amide bonds. The first-order valence-corrected chi connectivity index (χ1v) is 5.89. The Bertz CT molecular complexity index is 471. The van der Waals surface area contributed by atoms with Crippen LogP contribution in [0.25, 0.3) is 11.4 Å². The molecule has 0 bridgehead atoms. The van der Waals surface area contributed by atoms with Crippen molar-refractivity contribution in [2.45, 2.75) is 19.4 Å². The topological polar surface area (TPSA) is 75.7 Å². The van der Waals surface area contributed by atoms with Crippen LogP contribution >= 0.6 is 0 Å². The maximum atomic E-state index is 5.06. The molecule has 0 radical (unpaired) electrons. The van der Waals surface area contributed by atoms with E-state index in [-0.39, 0.29) is 0 Å². The molecule has 6 heteroatoms. The summed E-state index contributed by atoms with van der Waals surface area (Å²) >= 11 is 0. The summed E-state index contributed by atoms with van der Waals surface area (Å²) in [6.45, 7) is 2.87. The molecule has 6 nitrogen and oxygen atoms in total. The molecule has 1 aromatic carbocycles. The zero-order valence-corrected chi connectivity index (χ0v) is 10.6. The van der Waals surface area contributed by atoms with Crippen molar-refractivity contribution in [3.8, 4) is 11.4 Å². The molecule has 0 saturated carbocycles. The van der Waals surface area contributed by atoms with Gasteiger partial charge in [0, 0.05) is 31.0 Å². The summed E-state index contributed by atoms with van der Waals surface area (Å²) in [5.74, 6) is 0.600. The molecule has 0 aliphatic rings. The average molecular weight is 247 g/mol. The van der Waals surface area contributed by atoms with Crippen molar-refractivity contribution in [3.63, 3.8) is 0 Å². The normalized spacial score (nSPS) is 12.3. The van der Waals surface area contributed by atoms with Crippen molar-refractivity contribution >= 4 is 5.69 Å². The number of tetrazole rings is 1. The number of hydrogen-bond donors (Lipinski definition) is 2. The molecular formula is C12H17N5O. The number of anilines is 1. The van der Waals surface area contributed by atoms with Crippen LogP contribution in [0.4, 0.5) is 5.69 Å². The Balaban J connectivity index is 2.03. The molecule has 2 N–H and O–H groups in total. The van der Waals surface area contributed by atoms with Crippen LogP contribution in [-0.4, -0.2) is 40.4 Å². The number of H-pyrrole nitrogens is 1. The van der Waals surface area contributed by atoms with E-state index in [1.54, 1.807) is 7.11 Å². The summed E-state index contributed by atoms with van der Waals surface area (Å²) in [6.07, 6.45) is 0.961. The summed E-state index contributed by atoms with van der Waals surface area (Å²) < 4.78 is 5.06. The molecule has 1 atom stereocenters. The van der Waals surface area contributed by atoms with Crippen molar-refractivity contribution in [1.82, 2.24) is 20.6 Å². The lowest BCUT2D eigenvalue weighted by Gasteiger charge is -2.15. The van der Waals surface area contributed by atoms with Gasteiger partial charge in [-0.05, 0) is 30.7 Å². The van der Waals surface area contributed by atoms with Crippen LogP contribution in [0.15, 0.2) is 24.3 Å². The number of aromatic amines is 1. The van der Waals surface area contributed by atoms with Gasteiger partial charge in [0.25, 0.3) is 0 Å². The highest BCUT2D eigenvalue weighted by Crippen LogP contribution is 2.19. The second-order valence-electron chi connectivity index (χ2n) is 4.14. The zero-order valence-electron chi connectivity index (χ0n) is 10.6. The molecule has 0 aliphatic carbocycles. The summed E-state index contributed by atoms with van der Waals surface area (Å²) in [7, 11) is 1.71. The fourth-order valence-corrected chi connectivity index (χ4v) is 1.68. The van der Waals surface area contributed by atoms with E-state index < -0.39 is 0 Å². The van der Waals surface area contributed by atoms with E-state index >= 15 is 0 Å². The van der Waals surface area contributed by atoms with E-state index in [0.29, 0.717) is 11.9 Å². The van der Waals surface area contributed by atoms with Crippen LogP contribution in [0.3, 0.4) is 0 Å². The SMILES string of the molecule is COCCC(C)Nc1cccc(-c2nn[nH]n2)c1. The predicted molar refractivity (Wildman–Crippen MR) is 69.2 cm³/mol. The number of ether oxygens (including phenoxy) is 1. The maximum Gasteiger partial charge on any atom is 0.204 e. The number of methoxy groups -OCH3 is 1. The van der Waals surface area contributed by atoms with Crippen molar-refractivity contribution in [1.29, 1.82) is 0 Å². The minimum absolute atomic E-state index is 0.352. The molecule has 0 fully saturated rings. The first kappa shape index (κ1) is 12.5. The lowest BCUT2D eigenvalue weighted by Crippen LogP contribution is -2.17. The average Bonchev–Trinajstić information content (AvgIpc) is 2.90. The summed E-state index contributed by atoms with van der Waals surface area (Å²) in [6, 6.07) is 8.30. The Morgan fingerprint density at radius 1 is 1.44 bits per heavy atom. The van der Waals surface area contributed by atoms with Crippen LogP contribution in [0.1, 0.15) is 13.3 Å². The number of hydrogen-bond acceptors (Lipinski definition) is 5. The fraction of sp³-hybridized carbons (Fsp3) is 0.417. The highest BCUT2D eigenvalue weighted by molar-refractivity contribution is 5.61. The van der Waals surface area contributed by atoms with E-state index in [0.717, 1.165) is 24.3 Å². The minimum Gasteiger partial charge on any atom is -0.385 e. The van der Waals surface area contributed by atoms with Crippen molar-refractivity contribution in [3.05, 3.63) is 24.3 Å². The molecule has 1 heterocycles. The minimum atomic E-state index is 0.352. The number of nitrogens with one attached hydrogen (secondary N) is 2. The van der Waals surface area contributed by atoms with Gasteiger partial charge in [0.2, 0.25) is 5.82 Å². The van der Waals surface area contributed by atoms with E-state index in [9.17, 15) is 0 Å². The lowest BCUT2D eigenvalue weighted by atomic mass is 10.1. The van der Waals surface area contributed by atoms with E-state index in [1.165, 1.54) is 0 Å². The van der Waals surface area contributed by atoms with Crippen LogP contribution in [0.2, 0.25) is 0 Å². The molecular weight excluding hydrogens is 230 g/mol. The van der Waals surface area contributed by atoms with Crippen molar-refractivity contribution in [2.75, 3.05) is 19.0 Å². The Morgan fingerprint density at radius 3 is 3.06 bits per heavy atom. The second-order valence-corrected chi connectivity index (χ2v) is 4.14. The van der Waals surface area contributed by atoms with E-state index in [4.69, 9.17) is 4.74 Å². The molecule has 1 unspecified atom stereocenters. The highest BCUT2D eigenvalue weighted by atomic mass is 16.5. The molecule has 0 aliphatic heterocycles. The molecule has 18 heavy (non-hydrogen) atoms. The van der Waals surface area contributed by atoms with Crippen LogP contribution in [-0.2, 0) is 4.74 Å². The van der Waals surface area contributed by atoms with Gasteiger partial charge < -0.3 is 10.1 Å². The molecule has 0 saturated heterocycles. The third kappa shape index (κ3) is 3.27. The van der Waals surface area contributed by atoms with E-state index in [2.05, 4.69) is 32.9 Å². The number of nitrogens with zero attached hydrogens (tertiary/aromatic N) is 3. The van der Waals surface area contributed by atoms with Crippen LogP contribution in [0, 0.1) is 0 Å². The van der Waals surface area contributed by atoms with Gasteiger partial charge >= 0.3 is 0 Å². The van der Waals surface area contributed by atoms with Gasteiger partial charge in [-0.1, -0.05) is 12.1 Å². The Hall–Kier alpha value is -1.95. The molecule has 1 aromatic heterocycles. The second kappa shape index (κ2) is 6.11. The van der Waals surface area contributed by atoms with E-state index in [1.807, 2.05) is 24.3 Å². The third-order valence-corrected chi connectivity index (χ3v) is 2.63. The Labute approximate surface area is 106 Å². The van der Waals surface area contributed by atoms with Gasteiger partial charge in [0.05, 0.1) is 0 Å². The van der Waals surface area contributed by atoms with Crippen LogP contribution in [0.5, 0.6) is 0 Å². The maximum absolute atomic E-state index is 5.06. The van der Waals surface area contributed by atoms with Gasteiger partial charge in [0.1, 0.15) is 0 Å². The largest absolute Gasteiger partial charge is 0.385 e. The Morgan fingerprint density at radius 2 is 2.33 bits per heavy atom. The fourth-order valence-electron chi connectivity index (χ4n) is 1.68. The smallest absolute Gasteiger partial charge is 0.204 e. The van der Waals surface area contributed by atoms with Crippen LogP contribution < -0.4 is 5.32 Å². The molecule has 96 valence electrons. The zero-order chi connectivity index (χ0) is 12.8. The molecule has 2 rings (SSSR count). The Kier molecular flexibility index (Phi) is 4.25. The third-order valence-electron chi connectivity index (χ3n) is 2.63. The van der Waals surface area contributed by atoms with Crippen molar-refractivity contribution < 1.29 is 4.74 Å². The summed E-state index contributed by atoms with van der Waals surface area (Å²) in [5, 5.41) is 17.3. The number of aromatic nitrogens is 4. The van der Waals surface area contributed by atoms with Crippen molar-refractivity contribution in [2.24, 2.45) is 0 Å². The molecule has 0 spiro atoms. The lowest BCUT2D eigenvalue weighted by molar-refractivity contribution is 0.191. The first-order valence-electron chi connectivity index (χ1n) is 5.89. The van der Waals surface area contributed by atoms with Gasteiger partial charge in [-0.2, -0.15) is 5.21 Å². The van der Waals surface area contributed by atoms with Gasteiger partial charge in [-0.15, -0.1) is 10.2 Å². The quantitative estimate of drug-likeness (QED) is 0.812.